The minimum Gasteiger partial charge on any atom is -0.371 e. The molecule has 3 aromatic carbocycles. The molecule has 1 atom stereocenters. The molecule has 1 unspecified atom stereocenters. The fourth-order valence-corrected chi connectivity index (χ4v) is 10.4. The van der Waals surface area contributed by atoms with E-state index in [0.29, 0.717) is 27.8 Å². The van der Waals surface area contributed by atoms with Gasteiger partial charge in [0.1, 0.15) is 12.1 Å². The molecule has 6 aliphatic rings. The fraction of sp³-hybridized carbons (Fsp3) is 0.455. The van der Waals surface area contributed by atoms with Gasteiger partial charge in [0.15, 0.2) is 0 Å². The Morgan fingerprint density at radius 1 is 0.759 bits per heavy atom. The molecule has 14 heteroatoms. The number of carbonyl (C=O) groups is 5. The Morgan fingerprint density at radius 3 is 2.19 bits per heavy atom. The third kappa shape index (κ3) is 6.96. The number of hydrogen-bond acceptors (Lipinski definition) is 10. The molecule has 6 heterocycles. The molecule has 1 N–H and O–H groups in total. The zero-order valence-electron chi connectivity index (χ0n) is 32.5. The Hall–Kier alpha value is -5.45. The maximum atomic E-state index is 13.9. The molecule has 0 aliphatic carbocycles. The molecule has 0 bridgehead atoms. The van der Waals surface area contributed by atoms with Gasteiger partial charge in [-0.05, 0) is 92.5 Å². The van der Waals surface area contributed by atoms with Crippen LogP contribution in [0.4, 0.5) is 17.1 Å². The second kappa shape index (κ2) is 15.4. The van der Waals surface area contributed by atoms with E-state index in [-0.39, 0.29) is 24.2 Å². The van der Waals surface area contributed by atoms with Crippen LogP contribution in [0.25, 0.3) is 0 Å². The van der Waals surface area contributed by atoms with E-state index < -0.39 is 29.7 Å². The number of nitrogens with one attached hydrogen (secondary N) is 1. The Kier molecular flexibility index (Phi) is 10.1. The molecule has 5 amide bonds. The summed E-state index contributed by atoms with van der Waals surface area (Å²) in [6, 6.07) is 20.6. The molecular weight excluding hydrogens is 756 g/mol. The van der Waals surface area contributed by atoms with E-state index in [9.17, 15) is 29.2 Å². The van der Waals surface area contributed by atoms with E-state index in [0.717, 1.165) is 125 Å². The van der Waals surface area contributed by atoms with Gasteiger partial charge >= 0.3 is 0 Å². The Balaban J connectivity index is 0.768. The molecule has 6 aliphatic heterocycles. The van der Waals surface area contributed by atoms with Gasteiger partial charge in [-0.2, -0.15) is 5.26 Å². The lowest BCUT2D eigenvalue weighted by Gasteiger charge is -2.44. The Bertz CT molecular complexity index is 2220. The van der Waals surface area contributed by atoms with Gasteiger partial charge in [0.2, 0.25) is 11.8 Å². The average molecular weight is 803 g/mol. The first-order valence-electron chi connectivity index (χ1n) is 20.5. The van der Waals surface area contributed by atoms with Crippen LogP contribution in [0, 0.1) is 16.7 Å². The van der Waals surface area contributed by atoms with Crippen LogP contribution in [0.5, 0.6) is 0 Å². The van der Waals surface area contributed by atoms with Crippen LogP contribution in [0.3, 0.4) is 0 Å². The predicted octanol–water partition coefficient (Wildman–Crippen LogP) is 4.54. The number of nitriles is 1. The molecule has 0 saturated carbocycles. The smallest absolute Gasteiger partial charge is 0.264 e. The number of halogens is 1. The maximum Gasteiger partial charge on any atom is 0.264 e. The fourth-order valence-electron chi connectivity index (χ4n) is 10.1. The molecule has 0 aromatic heterocycles. The van der Waals surface area contributed by atoms with Crippen molar-refractivity contribution in [1.29, 1.82) is 5.26 Å². The number of anilines is 3. The second-order valence-electron chi connectivity index (χ2n) is 16.7. The minimum atomic E-state index is -0.985. The van der Waals surface area contributed by atoms with Gasteiger partial charge in [0.05, 0.1) is 27.4 Å². The molecule has 13 nitrogen and oxygen atoms in total. The number of piperazine rings is 1. The lowest BCUT2D eigenvalue weighted by atomic mass is 9.77. The Morgan fingerprint density at radius 2 is 1.47 bits per heavy atom. The molecule has 1 spiro atoms. The van der Waals surface area contributed by atoms with Crippen LogP contribution in [0.2, 0.25) is 5.02 Å². The second-order valence-corrected chi connectivity index (χ2v) is 17.1. The number of likely N-dealkylation sites (tertiary alicyclic amines) is 1. The van der Waals surface area contributed by atoms with E-state index in [1.54, 1.807) is 18.2 Å². The van der Waals surface area contributed by atoms with Gasteiger partial charge in [-0.1, -0.05) is 23.7 Å². The predicted molar refractivity (Wildman–Crippen MR) is 219 cm³/mol. The van der Waals surface area contributed by atoms with E-state index in [1.165, 1.54) is 0 Å². The Labute approximate surface area is 343 Å². The summed E-state index contributed by atoms with van der Waals surface area (Å²) in [5.74, 6) is -1.85. The highest BCUT2D eigenvalue weighted by Crippen LogP contribution is 2.42. The minimum absolute atomic E-state index is 0.0886. The number of imide groups is 2. The van der Waals surface area contributed by atoms with E-state index in [2.05, 4.69) is 43.1 Å². The van der Waals surface area contributed by atoms with Crippen molar-refractivity contribution >= 4 is 58.2 Å². The van der Waals surface area contributed by atoms with Gasteiger partial charge in [-0.15, -0.1) is 0 Å². The van der Waals surface area contributed by atoms with Crippen molar-refractivity contribution < 1.29 is 24.0 Å². The molecule has 0 radical (unpaired) electrons. The highest BCUT2D eigenvalue weighted by molar-refractivity contribution is 6.32. The monoisotopic (exact) mass is 802 g/mol. The van der Waals surface area contributed by atoms with Crippen molar-refractivity contribution in [2.75, 3.05) is 80.1 Å². The molecule has 300 valence electrons. The van der Waals surface area contributed by atoms with E-state index in [1.807, 2.05) is 35.2 Å². The topological polar surface area (TPSA) is 141 Å². The normalized spacial score (nSPS) is 22.8. The summed E-state index contributed by atoms with van der Waals surface area (Å²) in [6.07, 6.45) is 5.10. The number of benzene rings is 3. The number of carbonyl (C=O) groups excluding carboxylic acids is 5. The van der Waals surface area contributed by atoms with Crippen molar-refractivity contribution in [2.24, 2.45) is 5.41 Å². The van der Waals surface area contributed by atoms with Crippen LogP contribution in [0.1, 0.15) is 81.6 Å². The summed E-state index contributed by atoms with van der Waals surface area (Å²) in [5.41, 5.74) is 4.86. The van der Waals surface area contributed by atoms with Crippen LogP contribution in [0.15, 0.2) is 60.7 Å². The number of nitrogens with zero attached hydrogens (tertiary/aromatic N) is 7. The van der Waals surface area contributed by atoms with Gasteiger partial charge < -0.3 is 19.6 Å². The zero-order valence-corrected chi connectivity index (χ0v) is 33.3. The first-order valence-corrected chi connectivity index (χ1v) is 20.9. The summed E-state index contributed by atoms with van der Waals surface area (Å²) in [4.78, 5) is 77.8. The third-order valence-corrected chi connectivity index (χ3v) is 13.8. The van der Waals surface area contributed by atoms with Crippen LogP contribution < -0.4 is 20.0 Å². The van der Waals surface area contributed by atoms with Crippen molar-refractivity contribution in [3.63, 3.8) is 0 Å². The van der Waals surface area contributed by atoms with Crippen molar-refractivity contribution in [1.82, 2.24) is 20.0 Å². The van der Waals surface area contributed by atoms with Crippen LogP contribution in [-0.2, 0) is 9.59 Å². The van der Waals surface area contributed by atoms with Crippen molar-refractivity contribution in [3.05, 3.63) is 87.9 Å². The standard InChI is InChI=1S/C44H47ClN8O5/c45-35-26-33(8-7-30(35)27-46)48-18-13-44(14-19-48)15-20-52(28-44)41(56)29-3-1-4-32(25-29)50-23-21-49(22-24-50)31-11-16-51(17-12-31)36-6-2-5-34-39(36)43(58)53(42(34)57)37-9-10-38(54)47-40(37)55/h1-8,25-26,31,37H,9-24,28H2,(H,47,54,55). The summed E-state index contributed by atoms with van der Waals surface area (Å²) in [5, 5.41) is 12.0. The molecule has 5 saturated heterocycles. The van der Waals surface area contributed by atoms with Gasteiger partial charge in [0, 0.05) is 94.8 Å². The molecule has 58 heavy (non-hydrogen) atoms. The van der Waals surface area contributed by atoms with Crippen LogP contribution >= 0.6 is 11.6 Å². The molecular formula is C44H47ClN8O5. The largest absolute Gasteiger partial charge is 0.371 e. The summed E-state index contributed by atoms with van der Waals surface area (Å²) in [7, 11) is 0. The summed E-state index contributed by atoms with van der Waals surface area (Å²) < 4.78 is 0. The highest BCUT2D eigenvalue weighted by atomic mass is 35.5. The van der Waals surface area contributed by atoms with Crippen LogP contribution in [-0.4, -0.2) is 122 Å². The van der Waals surface area contributed by atoms with Gasteiger partial charge in [0.25, 0.3) is 17.7 Å². The molecule has 9 rings (SSSR count). The first kappa shape index (κ1) is 38.1. The molecule has 3 aromatic rings. The summed E-state index contributed by atoms with van der Waals surface area (Å²) in [6.45, 7) is 8.39. The van der Waals surface area contributed by atoms with Gasteiger partial charge in [-0.25, -0.2) is 0 Å². The average Bonchev–Trinajstić information content (AvgIpc) is 3.78. The highest BCUT2D eigenvalue weighted by Gasteiger charge is 2.47. The lowest BCUT2D eigenvalue weighted by Crippen LogP contribution is -2.54. The maximum absolute atomic E-state index is 13.9. The van der Waals surface area contributed by atoms with E-state index >= 15 is 0 Å². The SMILES string of the molecule is N#Cc1ccc(N2CCC3(CCN(C(=O)c4cccc(N5CCN(C6CCN(c7cccc8c7C(=O)N(C7CCC(=O)NC7=O)C8=O)CC6)CC5)c4)C3)CC2)cc1Cl. The number of amides is 5. The number of rotatable bonds is 6. The third-order valence-electron chi connectivity index (χ3n) is 13.5. The number of hydrogen-bond donors (Lipinski definition) is 1. The lowest BCUT2D eigenvalue weighted by molar-refractivity contribution is -0.136. The zero-order chi connectivity index (χ0) is 40.1. The molecule has 5 fully saturated rings. The summed E-state index contributed by atoms with van der Waals surface area (Å²) >= 11 is 6.32. The number of piperidine rings is 3. The van der Waals surface area contributed by atoms with Crippen molar-refractivity contribution in [2.45, 2.75) is 57.0 Å². The van der Waals surface area contributed by atoms with E-state index in [4.69, 9.17) is 11.6 Å². The first-order chi connectivity index (χ1) is 28.1. The number of fused-ring (bicyclic) bond motifs is 1. The van der Waals surface area contributed by atoms with Crippen molar-refractivity contribution in [3.8, 4) is 6.07 Å². The quantitative estimate of drug-likeness (QED) is 0.354. The van der Waals surface area contributed by atoms with Gasteiger partial charge in [-0.3, -0.25) is 39.1 Å².